The summed E-state index contributed by atoms with van der Waals surface area (Å²) in [6, 6.07) is 7.19. The Kier molecular flexibility index (Phi) is 4.73. The van der Waals surface area contributed by atoms with Crippen LogP contribution in [0.4, 0.5) is 0 Å². The number of nitrogens with zero attached hydrogens (tertiary/aromatic N) is 3. The van der Waals surface area contributed by atoms with Gasteiger partial charge in [0.05, 0.1) is 10.6 Å². The molecule has 1 aliphatic rings. The summed E-state index contributed by atoms with van der Waals surface area (Å²) in [5, 5.41) is 0. The number of piperidine rings is 1. The molecule has 1 unspecified atom stereocenters. The van der Waals surface area contributed by atoms with Crippen molar-refractivity contribution in [2.75, 3.05) is 19.3 Å². The summed E-state index contributed by atoms with van der Waals surface area (Å²) in [5.41, 5.74) is 2.20. The fourth-order valence-corrected chi connectivity index (χ4v) is 3.69. The molecule has 0 saturated carbocycles. The van der Waals surface area contributed by atoms with Crippen LogP contribution in [0.2, 0.25) is 0 Å². The standard InChI is InChI=1S/C17H21N3O2S/c1-23(21,22)16-6-4-14(5-7-16)12-20-10-2-3-15(13-20)17-11-18-8-9-19-17/h4-9,11,15H,2-3,10,12-13H2,1H3. The molecule has 0 bridgehead atoms. The Morgan fingerprint density at radius 1 is 1.22 bits per heavy atom. The molecular formula is C17H21N3O2S. The smallest absolute Gasteiger partial charge is 0.175 e. The first-order valence-electron chi connectivity index (χ1n) is 7.79. The van der Waals surface area contributed by atoms with E-state index in [0.717, 1.165) is 43.7 Å². The van der Waals surface area contributed by atoms with E-state index in [4.69, 9.17) is 0 Å². The molecule has 2 heterocycles. The molecule has 1 fully saturated rings. The van der Waals surface area contributed by atoms with E-state index in [-0.39, 0.29) is 0 Å². The Labute approximate surface area is 137 Å². The molecular weight excluding hydrogens is 310 g/mol. The summed E-state index contributed by atoms with van der Waals surface area (Å²) in [5.74, 6) is 0.424. The summed E-state index contributed by atoms with van der Waals surface area (Å²) in [4.78, 5) is 11.4. The van der Waals surface area contributed by atoms with Gasteiger partial charge in [-0.25, -0.2) is 8.42 Å². The van der Waals surface area contributed by atoms with Gasteiger partial charge in [-0.2, -0.15) is 0 Å². The van der Waals surface area contributed by atoms with Gasteiger partial charge in [0.25, 0.3) is 0 Å². The molecule has 6 heteroatoms. The highest BCUT2D eigenvalue weighted by Crippen LogP contribution is 2.26. The largest absolute Gasteiger partial charge is 0.298 e. The minimum Gasteiger partial charge on any atom is -0.298 e. The number of hydrogen-bond donors (Lipinski definition) is 0. The van der Waals surface area contributed by atoms with Gasteiger partial charge in [0, 0.05) is 43.9 Å². The molecule has 1 aromatic carbocycles. The van der Waals surface area contributed by atoms with Crippen LogP contribution in [0.5, 0.6) is 0 Å². The van der Waals surface area contributed by atoms with Crippen LogP contribution in [-0.4, -0.2) is 42.6 Å². The second-order valence-electron chi connectivity index (χ2n) is 6.12. The van der Waals surface area contributed by atoms with E-state index < -0.39 is 9.84 Å². The van der Waals surface area contributed by atoms with E-state index in [9.17, 15) is 8.42 Å². The highest BCUT2D eigenvalue weighted by molar-refractivity contribution is 7.90. The Bertz CT molecular complexity index is 745. The van der Waals surface area contributed by atoms with Crippen molar-refractivity contribution in [2.45, 2.75) is 30.2 Å². The van der Waals surface area contributed by atoms with Crippen LogP contribution >= 0.6 is 0 Å². The van der Waals surface area contributed by atoms with Gasteiger partial charge in [-0.3, -0.25) is 14.9 Å². The molecule has 0 N–H and O–H groups in total. The summed E-state index contributed by atoms with van der Waals surface area (Å²) >= 11 is 0. The van der Waals surface area contributed by atoms with E-state index in [0.29, 0.717) is 10.8 Å². The van der Waals surface area contributed by atoms with Gasteiger partial charge < -0.3 is 0 Å². The molecule has 5 nitrogen and oxygen atoms in total. The predicted octanol–water partition coefficient (Wildman–Crippen LogP) is 2.26. The fraction of sp³-hybridized carbons (Fsp3) is 0.412. The maximum Gasteiger partial charge on any atom is 0.175 e. The van der Waals surface area contributed by atoms with E-state index in [1.165, 1.54) is 6.26 Å². The molecule has 1 aromatic heterocycles. The quantitative estimate of drug-likeness (QED) is 0.860. The van der Waals surface area contributed by atoms with Gasteiger partial charge in [-0.05, 0) is 37.1 Å². The third-order valence-electron chi connectivity index (χ3n) is 4.26. The molecule has 1 atom stereocenters. The normalized spacial score (nSPS) is 19.6. The number of aromatic nitrogens is 2. The monoisotopic (exact) mass is 331 g/mol. The van der Waals surface area contributed by atoms with Crippen LogP contribution in [0.15, 0.2) is 47.8 Å². The molecule has 2 aromatic rings. The SMILES string of the molecule is CS(=O)(=O)c1ccc(CN2CCCC(c3cnccn3)C2)cc1. The van der Waals surface area contributed by atoms with Gasteiger partial charge in [0.2, 0.25) is 0 Å². The van der Waals surface area contributed by atoms with Crippen molar-refractivity contribution >= 4 is 9.84 Å². The van der Waals surface area contributed by atoms with Crippen molar-refractivity contribution in [3.8, 4) is 0 Å². The number of benzene rings is 1. The van der Waals surface area contributed by atoms with Crippen LogP contribution in [0, 0.1) is 0 Å². The van der Waals surface area contributed by atoms with Crippen LogP contribution < -0.4 is 0 Å². The molecule has 0 spiro atoms. The Morgan fingerprint density at radius 2 is 2.00 bits per heavy atom. The topological polar surface area (TPSA) is 63.2 Å². The zero-order chi connectivity index (χ0) is 16.3. The van der Waals surface area contributed by atoms with Crippen LogP contribution in [0.3, 0.4) is 0 Å². The number of sulfone groups is 1. The zero-order valence-electron chi connectivity index (χ0n) is 13.2. The number of hydrogen-bond acceptors (Lipinski definition) is 5. The third-order valence-corrected chi connectivity index (χ3v) is 5.39. The number of rotatable bonds is 4. The van der Waals surface area contributed by atoms with Gasteiger partial charge in [-0.15, -0.1) is 0 Å². The van der Waals surface area contributed by atoms with Gasteiger partial charge in [-0.1, -0.05) is 12.1 Å². The molecule has 3 rings (SSSR count). The first-order valence-corrected chi connectivity index (χ1v) is 9.69. The maximum atomic E-state index is 11.5. The van der Waals surface area contributed by atoms with Crippen molar-refractivity contribution < 1.29 is 8.42 Å². The third kappa shape index (κ3) is 4.14. The predicted molar refractivity (Wildman–Crippen MR) is 88.8 cm³/mol. The minimum atomic E-state index is -3.13. The lowest BCUT2D eigenvalue weighted by Crippen LogP contribution is -2.34. The van der Waals surface area contributed by atoms with Crippen molar-refractivity contribution in [1.29, 1.82) is 0 Å². The van der Waals surface area contributed by atoms with E-state index >= 15 is 0 Å². The molecule has 0 radical (unpaired) electrons. The highest BCUT2D eigenvalue weighted by Gasteiger charge is 2.22. The minimum absolute atomic E-state index is 0.373. The molecule has 0 amide bonds. The van der Waals surface area contributed by atoms with Crippen LogP contribution in [0.1, 0.15) is 30.0 Å². The van der Waals surface area contributed by atoms with E-state index in [1.807, 2.05) is 18.3 Å². The Balaban J connectivity index is 1.66. The first kappa shape index (κ1) is 16.1. The van der Waals surface area contributed by atoms with Gasteiger partial charge >= 0.3 is 0 Å². The lowest BCUT2D eigenvalue weighted by molar-refractivity contribution is 0.198. The van der Waals surface area contributed by atoms with E-state index in [1.54, 1.807) is 24.5 Å². The van der Waals surface area contributed by atoms with Crippen molar-refractivity contribution in [1.82, 2.24) is 14.9 Å². The molecule has 23 heavy (non-hydrogen) atoms. The number of likely N-dealkylation sites (tertiary alicyclic amines) is 1. The summed E-state index contributed by atoms with van der Waals surface area (Å²) < 4.78 is 23.0. The van der Waals surface area contributed by atoms with Crippen LogP contribution in [0.25, 0.3) is 0 Å². The molecule has 1 aliphatic heterocycles. The fourth-order valence-electron chi connectivity index (χ4n) is 3.06. The van der Waals surface area contributed by atoms with Crippen molar-refractivity contribution in [3.63, 3.8) is 0 Å². The molecule has 1 saturated heterocycles. The average molecular weight is 331 g/mol. The Morgan fingerprint density at radius 3 is 2.65 bits per heavy atom. The van der Waals surface area contributed by atoms with Crippen LogP contribution in [-0.2, 0) is 16.4 Å². The van der Waals surface area contributed by atoms with Gasteiger partial charge in [0.1, 0.15) is 0 Å². The second kappa shape index (κ2) is 6.76. The second-order valence-corrected chi connectivity index (χ2v) is 8.14. The maximum absolute atomic E-state index is 11.5. The van der Waals surface area contributed by atoms with Crippen molar-refractivity contribution in [3.05, 3.63) is 54.1 Å². The Hall–Kier alpha value is -1.79. The average Bonchev–Trinajstić information content (AvgIpc) is 2.56. The molecule has 0 aliphatic carbocycles. The lowest BCUT2D eigenvalue weighted by atomic mass is 9.94. The lowest BCUT2D eigenvalue weighted by Gasteiger charge is -2.32. The summed E-state index contributed by atoms with van der Waals surface area (Å²) in [6.45, 7) is 2.86. The summed E-state index contributed by atoms with van der Waals surface area (Å²) in [6.07, 6.45) is 8.82. The van der Waals surface area contributed by atoms with E-state index in [2.05, 4.69) is 14.9 Å². The summed E-state index contributed by atoms with van der Waals surface area (Å²) in [7, 11) is -3.13. The highest BCUT2D eigenvalue weighted by atomic mass is 32.2. The van der Waals surface area contributed by atoms with Crippen molar-refractivity contribution in [2.24, 2.45) is 0 Å². The zero-order valence-corrected chi connectivity index (χ0v) is 14.0. The molecule has 122 valence electrons. The van der Waals surface area contributed by atoms with Gasteiger partial charge in [0.15, 0.2) is 9.84 Å². The first-order chi connectivity index (χ1) is 11.0.